The van der Waals surface area contributed by atoms with Crippen molar-refractivity contribution in [1.82, 2.24) is 8.75 Å². The summed E-state index contributed by atoms with van der Waals surface area (Å²) in [7, 11) is 0. The van der Waals surface area contributed by atoms with Gasteiger partial charge in [0.25, 0.3) is 0 Å². The molecule has 0 radical (unpaired) electrons. The lowest BCUT2D eigenvalue weighted by molar-refractivity contribution is -0.125. The van der Waals surface area contributed by atoms with E-state index in [-0.39, 0.29) is 11.9 Å². The number of carbonyl (C=O) groups excluding carboxylic acids is 1. The highest BCUT2D eigenvalue weighted by molar-refractivity contribution is 7.00. The molecule has 6 nitrogen and oxygen atoms in total. The number of anilines is 1. The van der Waals surface area contributed by atoms with Crippen molar-refractivity contribution in [3.8, 4) is 0 Å². The minimum absolute atomic E-state index is 0.218. The summed E-state index contributed by atoms with van der Waals surface area (Å²) in [6.45, 7) is 2.45. The first kappa shape index (κ1) is 13.7. The highest BCUT2D eigenvalue weighted by Gasteiger charge is 2.44. The molecule has 0 aliphatic carbocycles. The summed E-state index contributed by atoms with van der Waals surface area (Å²) in [5, 5.41) is 3.25. The van der Waals surface area contributed by atoms with Gasteiger partial charge in [0.1, 0.15) is 11.0 Å². The Morgan fingerprint density at radius 3 is 3.10 bits per heavy atom. The van der Waals surface area contributed by atoms with Crippen molar-refractivity contribution >= 4 is 46.0 Å². The van der Waals surface area contributed by atoms with Gasteiger partial charge in [-0.05, 0) is 19.1 Å². The zero-order chi connectivity index (χ0) is 14.3. The third-order valence-corrected chi connectivity index (χ3v) is 4.51. The van der Waals surface area contributed by atoms with Crippen molar-refractivity contribution in [2.75, 3.05) is 18.5 Å². The van der Waals surface area contributed by atoms with Crippen LogP contribution in [0.2, 0.25) is 5.02 Å². The number of hydrogen-bond donors (Lipinski definition) is 2. The number of carbonyl (C=O) groups is 1. The number of nitrogens with one attached hydrogen (secondary N) is 1. The number of hydrogen-bond acceptors (Lipinski definition) is 6. The fraction of sp³-hybridized carbons (Fsp3) is 0.417. The number of ether oxygens (including phenoxy) is 1. The maximum Gasteiger partial charge on any atom is 0.234 e. The molecule has 1 aliphatic heterocycles. The molecule has 1 aromatic carbocycles. The molecule has 2 unspecified atom stereocenters. The lowest BCUT2D eigenvalue weighted by Gasteiger charge is -2.25. The predicted octanol–water partition coefficient (Wildman–Crippen LogP) is 1.65. The summed E-state index contributed by atoms with van der Waals surface area (Å²) < 4.78 is 13.6. The molecule has 1 amide bonds. The molecule has 8 heteroatoms. The highest BCUT2D eigenvalue weighted by atomic mass is 35.5. The van der Waals surface area contributed by atoms with Crippen LogP contribution in [-0.2, 0) is 9.53 Å². The number of nitrogens with zero attached hydrogens (tertiary/aromatic N) is 2. The van der Waals surface area contributed by atoms with Crippen LogP contribution >= 0.6 is 23.3 Å². The Balaban J connectivity index is 1.95. The maximum absolute atomic E-state index is 12.5. The number of nitrogens with two attached hydrogens (primary N) is 1. The number of aromatic nitrogens is 2. The highest BCUT2D eigenvalue weighted by Crippen LogP contribution is 2.33. The molecule has 2 aromatic rings. The predicted molar refractivity (Wildman–Crippen MR) is 78.0 cm³/mol. The van der Waals surface area contributed by atoms with Gasteiger partial charge in [0, 0.05) is 6.04 Å². The van der Waals surface area contributed by atoms with Crippen molar-refractivity contribution < 1.29 is 9.53 Å². The lowest BCUT2D eigenvalue weighted by atomic mass is 9.85. The Morgan fingerprint density at radius 2 is 2.40 bits per heavy atom. The fourth-order valence-electron chi connectivity index (χ4n) is 2.12. The van der Waals surface area contributed by atoms with E-state index in [9.17, 15) is 4.79 Å². The molecule has 1 aliphatic rings. The van der Waals surface area contributed by atoms with Gasteiger partial charge in [-0.3, -0.25) is 4.79 Å². The van der Waals surface area contributed by atoms with Crippen LogP contribution in [-0.4, -0.2) is 33.9 Å². The van der Waals surface area contributed by atoms with Gasteiger partial charge in [-0.15, -0.1) is 0 Å². The summed E-state index contributed by atoms with van der Waals surface area (Å²) in [6, 6.07) is 3.12. The molecule has 2 atom stereocenters. The van der Waals surface area contributed by atoms with E-state index < -0.39 is 5.41 Å². The zero-order valence-electron chi connectivity index (χ0n) is 10.7. The molecule has 0 bridgehead atoms. The van der Waals surface area contributed by atoms with E-state index in [2.05, 4.69) is 14.1 Å². The third kappa shape index (κ3) is 2.07. The second-order valence-electron chi connectivity index (χ2n) is 5.05. The molecule has 1 saturated heterocycles. The molecule has 0 spiro atoms. The minimum atomic E-state index is -0.769. The van der Waals surface area contributed by atoms with Crippen LogP contribution in [0.1, 0.15) is 6.92 Å². The van der Waals surface area contributed by atoms with Crippen molar-refractivity contribution in [3.05, 3.63) is 17.2 Å². The van der Waals surface area contributed by atoms with Crippen molar-refractivity contribution in [2.24, 2.45) is 11.1 Å². The van der Waals surface area contributed by atoms with Gasteiger partial charge in [-0.1, -0.05) is 11.6 Å². The zero-order valence-corrected chi connectivity index (χ0v) is 12.3. The van der Waals surface area contributed by atoms with E-state index in [1.807, 2.05) is 0 Å². The largest absolute Gasteiger partial charge is 0.379 e. The Morgan fingerprint density at radius 1 is 1.60 bits per heavy atom. The van der Waals surface area contributed by atoms with E-state index in [1.54, 1.807) is 19.1 Å². The van der Waals surface area contributed by atoms with Gasteiger partial charge in [-0.25, -0.2) is 0 Å². The molecular formula is C12H13ClN4O2S. The van der Waals surface area contributed by atoms with Crippen molar-refractivity contribution in [3.63, 3.8) is 0 Å². The SMILES string of the molecule is CC1(C(=O)Nc2c(Cl)ccc3nsnc23)COCC1N. The first-order chi connectivity index (χ1) is 9.52. The fourth-order valence-corrected chi connectivity index (χ4v) is 2.87. The second kappa shape index (κ2) is 4.92. The normalized spacial score (nSPS) is 26.1. The van der Waals surface area contributed by atoms with Gasteiger partial charge in [0.15, 0.2) is 0 Å². The first-order valence-corrected chi connectivity index (χ1v) is 7.19. The monoisotopic (exact) mass is 312 g/mol. The molecular weight excluding hydrogens is 300 g/mol. The van der Waals surface area contributed by atoms with E-state index in [0.717, 1.165) is 11.7 Å². The van der Waals surface area contributed by atoms with E-state index in [4.69, 9.17) is 22.1 Å². The van der Waals surface area contributed by atoms with Gasteiger partial charge < -0.3 is 15.8 Å². The average Bonchev–Trinajstić information content (AvgIpc) is 3.01. The summed E-state index contributed by atoms with van der Waals surface area (Å²) in [5.74, 6) is -0.218. The molecule has 1 aromatic heterocycles. The molecule has 3 N–H and O–H groups in total. The van der Waals surface area contributed by atoms with Gasteiger partial charge in [0.2, 0.25) is 5.91 Å². The molecule has 106 valence electrons. The van der Waals surface area contributed by atoms with Gasteiger partial charge in [-0.2, -0.15) is 8.75 Å². The molecule has 20 heavy (non-hydrogen) atoms. The van der Waals surface area contributed by atoms with Crippen LogP contribution in [0.25, 0.3) is 11.0 Å². The van der Waals surface area contributed by atoms with Crippen molar-refractivity contribution in [2.45, 2.75) is 13.0 Å². The Labute approximate surface area is 124 Å². The van der Waals surface area contributed by atoms with Crippen LogP contribution in [0.5, 0.6) is 0 Å². The average molecular weight is 313 g/mol. The topological polar surface area (TPSA) is 90.1 Å². The number of amides is 1. The minimum Gasteiger partial charge on any atom is -0.379 e. The Hall–Kier alpha value is -1.28. The quantitative estimate of drug-likeness (QED) is 0.880. The standard InChI is InChI=1S/C12H13ClN4O2S/c1-12(5-19-4-8(12)14)11(18)15-9-6(13)2-3-7-10(9)17-20-16-7/h2-3,8H,4-5,14H2,1H3,(H,15,18). The summed E-state index contributed by atoms with van der Waals surface area (Å²) in [6.07, 6.45) is 0. The Bertz CT molecular complexity index is 677. The summed E-state index contributed by atoms with van der Waals surface area (Å²) >= 11 is 7.23. The second-order valence-corrected chi connectivity index (χ2v) is 5.98. The molecule has 1 fully saturated rings. The number of benzene rings is 1. The maximum atomic E-state index is 12.5. The smallest absolute Gasteiger partial charge is 0.234 e. The number of rotatable bonds is 2. The van der Waals surface area contributed by atoms with Gasteiger partial charge >= 0.3 is 0 Å². The lowest BCUT2D eigenvalue weighted by Crippen LogP contribution is -2.47. The Kier molecular flexibility index (Phi) is 3.37. The van der Waals surface area contributed by atoms with E-state index in [0.29, 0.717) is 35.0 Å². The first-order valence-electron chi connectivity index (χ1n) is 6.08. The molecule has 3 rings (SSSR count). The number of halogens is 1. The van der Waals surface area contributed by atoms with Crippen molar-refractivity contribution in [1.29, 1.82) is 0 Å². The molecule has 0 saturated carbocycles. The van der Waals surface area contributed by atoms with Crippen LogP contribution in [0.3, 0.4) is 0 Å². The van der Waals surface area contributed by atoms with Gasteiger partial charge in [0.05, 0.1) is 41.1 Å². The van der Waals surface area contributed by atoms with Crippen LogP contribution in [0.15, 0.2) is 12.1 Å². The molecule has 2 heterocycles. The third-order valence-electron chi connectivity index (χ3n) is 3.65. The summed E-state index contributed by atoms with van der Waals surface area (Å²) in [5.41, 5.74) is 6.95. The van der Waals surface area contributed by atoms with Crippen LogP contribution in [0, 0.1) is 5.41 Å². The summed E-state index contributed by atoms with van der Waals surface area (Å²) in [4.78, 5) is 12.5. The van der Waals surface area contributed by atoms with E-state index >= 15 is 0 Å². The van der Waals surface area contributed by atoms with E-state index in [1.165, 1.54) is 0 Å². The number of fused-ring (bicyclic) bond motifs is 1. The van der Waals surface area contributed by atoms with Crippen LogP contribution < -0.4 is 11.1 Å². The van der Waals surface area contributed by atoms with Crippen LogP contribution in [0.4, 0.5) is 5.69 Å².